The summed E-state index contributed by atoms with van der Waals surface area (Å²) in [6, 6.07) is 12.7. The standard InChI is InChI=1S/C23H22FN5O4S.Na.H/c1-3-15-33-19-9-5-17(6-10-19)26-22-21(24)16-25-23(28-22)27-18-7-11-20(12-8-18)34(31,32)29(2)13-4-14-30;;/h1,5-12,14,16H,4,13,15H2,2H3,(H2,25,26,27,28);;/q;+1;-1. The molecule has 0 spiro atoms. The number of aldehydes is 1. The van der Waals surface area contributed by atoms with Crippen LogP contribution in [0.5, 0.6) is 5.75 Å². The third kappa shape index (κ3) is 7.74. The minimum absolute atomic E-state index is 0. The van der Waals surface area contributed by atoms with Gasteiger partial charge in [-0.25, -0.2) is 22.1 Å². The number of nitrogens with one attached hydrogen (secondary N) is 2. The molecule has 12 heteroatoms. The quantitative estimate of drug-likeness (QED) is 0.218. The number of ether oxygens (including phenoxy) is 1. The summed E-state index contributed by atoms with van der Waals surface area (Å²) in [7, 11) is -2.31. The number of carbonyl (C=O) groups is 1. The topological polar surface area (TPSA) is 114 Å². The van der Waals surface area contributed by atoms with Crippen molar-refractivity contribution >= 4 is 39.5 Å². The van der Waals surface area contributed by atoms with Crippen molar-refractivity contribution < 1.29 is 53.3 Å². The van der Waals surface area contributed by atoms with E-state index in [1.807, 2.05) is 0 Å². The number of benzene rings is 2. The number of carbonyl (C=O) groups excluding carboxylic acids is 1. The molecule has 35 heavy (non-hydrogen) atoms. The van der Waals surface area contributed by atoms with Crippen molar-refractivity contribution in [2.45, 2.75) is 11.3 Å². The third-order valence-electron chi connectivity index (χ3n) is 4.56. The van der Waals surface area contributed by atoms with Crippen molar-refractivity contribution in [2.75, 3.05) is 30.8 Å². The molecule has 0 amide bonds. The number of terminal acetylenes is 1. The summed E-state index contributed by atoms with van der Waals surface area (Å²) in [5, 5.41) is 5.78. The molecule has 3 rings (SSSR count). The Hall–Kier alpha value is -3.01. The molecule has 3 aromatic rings. The van der Waals surface area contributed by atoms with E-state index in [-0.39, 0.29) is 67.2 Å². The van der Waals surface area contributed by atoms with Gasteiger partial charge in [0.25, 0.3) is 0 Å². The van der Waals surface area contributed by atoms with E-state index in [0.29, 0.717) is 23.4 Å². The molecule has 0 aliphatic rings. The van der Waals surface area contributed by atoms with E-state index >= 15 is 0 Å². The Balaban J connectivity index is 0.00000324. The Bertz CT molecular complexity index is 1290. The molecule has 2 aromatic carbocycles. The van der Waals surface area contributed by atoms with Crippen LogP contribution in [0.15, 0.2) is 59.6 Å². The molecule has 0 saturated heterocycles. The molecule has 0 aliphatic heterocycles. The fraction of sp³-hybridized carbons (Fsp3) is 0.174. The average molecular weight is 508 g/mol. The molecule has 2 N–H and O–H groups in total. The van der Waals surface area contributed by atoms with E-state index in [4.69, 9.17) is 11.2 Å². The fourth-order valence-electron chi connectivity index (χ4n) is 2.79. The number of hydrogen-bond acceptors (Lipinski definition) is 8. The van der Waals surface area contributed by atoms with Gasteiger partial charge in [-0.1, -0.05) is 5.92 Å². The van der Waals surface area contributed by atoms with Gasteiger partial charge in [-0.2, -0.15) is 4.98 Å². The van der Waals surface area contributed by atoms with Gasteiger partial charge in [0.1, 0.15) is 18.6 Å². The average Bonchev–Trinajstić information content (AvgIpc) is 2.84. The Morgan fingerprint density at radius 2 is 1.77 bits per heavy atom. The molecule has 0 fully saturated rings. The number of sulfonamides is 1. The summed E-state index contributed by atoms with van der Waals surface area (Å²) >= 11 is 0. The van der Waals surface area contributed by atoms with E-state index < -0.39 is 15.8 Å². The van der Waals surface area contributed by atoms with Crippen LogP contribution in [0.1, 0.15) is 7.85 Å². The normalized spacial score (nSPS) is 10.7. The zero-order chi connectivity index (χ0) is 24.6. The number of hydrogen-bond donors (Lipinski definition) is 2. The summed E-state index contributed by atoms with van der Waals surface area (Å²) in [5.74, 6) is 2.35. The summed E-state index contributed by atoms with van der Waals surface area (Å²) in [5.41, 5.74) is 1.08. The van der Waals surface area contributed by atoms with E-state index in [0.717, 1.165) is 10.5 Å². The first-order chi connectivity index (χ1) is 16.3. The van der Waals surface area contributed by atoms with Gasteiger partial charge in [0.05, 0.1) is 11.1 Å². The molecule has 1 heterocycles. The molecule has 0 radical (unpaired) electrons. The second-order valence-corrected chi connectivity index (χ2v) is 9.01. The van der Waals surface area contributed by atoms with Crippen LogP contribution < -0.4 is 44.9 Å². The maximum atomic E-state index is 14.2. The van der Waals surface area contributed by atoms with Gasteiger partial charge < -0.3 is 21.6 Å². The summed E-state index contributed by atoms with van der Waals surface area (Å²) < 4.78 is 45.7. The SMILES string of the molecule is C#CCOc1ccc(Nc2nc(Nc3ccc(S(=O)(=O)N(C)CCC=O)cc3)ncc2F)cc1.[H-].[Na+]. The first kappa shape index (κ1) is 28.2. The van der Waals surface area contributed by atoms with Crippen LogP contribution in [0.4, 0.5) is 27.5 Å². The van der Waals surface area contributed by atoms with E-state index in [1.54, 1.807) is 24.3 Å². The van der Waals surface area contributed by atoms with E-state index in [1.165, 1.54) is 31.3 Å². The largest absolute Gasteiger partial charge is 1.00 e. The third-order valence-corrected chi connectivity index (χ3v) is 6.43. The van der Waals surface area contributed by atoms with Crippen LogP contribution in [0.3, 0.4) is 0 Å². The first-order valence-corrected chi connectivity index (χ1v) is 11.5. The second kappa shape index (κ2) is 13.2. The van der Waals surface area contributed by atoms with Crippen molar-refractivity contribution in [1.29, 1.82) is 0 Å². The molecule has 178 valence electrons. The molecule has 0 aliphatic carbocycles. The number of nitrogens with zero attached hydrogens (tertiary/aromatic N) is 3. The van der Waals surface area contributed by atoms with Crippen molar-refractivity contribution in [3.05, 3.63) is 60.5 Å². The van der Waals surface area contributed by atoms with Crippen molar-refractivity contribution in [3.63, 3.8) is 0 Å². The number of rotatable bonds is 11. The van der Waals surface area contributed by atoms with Crippen LogP contribution in [0, 0.1) is 18.2 Å². The second-order valence-electron chi connectivity index (χ2n) is 6.96. The minimum atomic E-state index is -3.72. The molecular weight excluding hydrogens is 484 g/mol. The first-order valence-electron chi connectivity index (χ1n) is 10.1. The molecular formula is C23H23FN5NaO4S. The van der Waals surface area contributed by atoms with Crippen LogP contribution >= 0.6 is 0 Å². The Morgan fingerprint density at radius 3 is 2.40 bits per heavy atom. The monoisotopic (exact) mass is 507 g/mol. The van der Waals surface area contributed by atoms with E-state index in [9.17, 15) is 17.6 Å². The Labute approximate surface area is 226 Å². The van der Waals surface area contributed by atoms with Gasteiger partial charge >= 0.3 is 29.6 Å². The molecule has 0 bridgehead atoms. The van der Waals surface area contributed by atoms with Crippen LogP contribution in [-0.2, 0) is 14.8 Å². The van der Waals surface area contributed by atoms with Crippen molar-refractivity contribution in [3.8, 4) is 18.1 Å². The predicted octanol–water partition coefficient (Wildman–Crippen LogP) is 0.441. The zero-order valence-electron chi connectivity index (χ0n) is 20.2. The van der Waals surface area contributed by atoms with Gasteiger partial charge in [0, 0.05) is 31.4 Å². The number of anilines is 4. The minimum Gasteiger partial charge on any atom is -1.00 e. The van der Waals surface area contributed by atoms with Crippen molar-refractivity contribution in [1.82, 2.24) is 14.3 Å². The van der Waals surface area contributed by atoms with Crippen molar-refractivity contribution in [2.24, 2.45) is 0 Å². The zero-order valence-corrected chi connectivity index (χ0v) is 22.0. The number of aromatic nitrogens is 2. The molecule has 0 saturated carbocycles. The number of halogens is 1. The molecule has 9 nitrogen and oxygen atoms in total. The Kier molecular flexibility index (Phi) is 10.6. The summed E-state index contributed by atoms with van der Waals surface area (Å²) in [6.45, 7) is 0.234. The van der Waals surface area contributed by atoms with Gasteiger partial charge in [-0.15, -0.1) is 6.42 Å². The van der Waals surface area contributed by atoms with Gasteiger partial charge in [-0.3, -0.25) is 0 Å². The predicted molar refractivity (Wildman–Crippen MR) is 127 cm³/mol. The fourth-order valence-corrected chi connectivity index (χ4v) is 3.97. The molecule has 0 unspecified atom stereocenters. The molecule has 1 aromatic heterocycles. The summed E-state index contributed by atoms with van der Waals surface area (Å²) in [4.78, 5) is 18.6. The van der Waals surface area contributed by atoms with Crippen LogP contribution in [-0.4, -0.2) is 49.2 Å². The van der Waals surface area contributed by atoms with Gasteiger partial charge in [0.15, 0.2) is 11.6 Å². The summed E-state index contributed by atoms with van der Waals surface area (Å²) in [6.07, 6.45) is 6.95. The maximum Gasteiger partial charge on any atom is 1.00 e. The van der Waals surface area contributed by atoms with Gasteiger partial charge in [-0.05, 0) is 48.5 Å². The smallest absolute Gasteiger partial charge is 1.00 e. The maximum absolute atomic E-state index is 14.2. The Morgan fingerprint density at radius 1 is 1.14 bits per heavy atom. The van der Waals surface area contributed by atoms with Crippen LogP contribution in [0.25, 0.3) is 0 Å². The molecule has 0 atom stereocenters. The van der Waals surface area contributed by atoms with Gasteiger partial charge in [0.2, 0.25) is 16.0 Å². The van der Waals surface area contributed by atoms with Crippen LogP contribution in [0.2, 0.25) is 0 Å². The van der Waals surface area contributed by atoms with E-state index in [2.05, 4.69) is 26.5 Å².